The molecule has 2 heterocycles. The predicted octanol–water partition coefficient (Wildman–Crippen LogP) is 8.18. The van der Waals surface area contributed by atoms with Crippen molar-refractivity contribution in [1.82, 2.24) is 19.1 Å². The molecule has 1 N–H and O–H groups in total. The quantitative estimate of drug-likeness (QED) is 0.133. The van der Waals surface area contributed by atoms with E-state index in [1.54, 1.807) is 12.1 Å². The molecule has 6 rings (SSSR count). The number of imidazole rings is 2. The van der Waals surface area contributed by atoms with E-state index in [1.165, 1.54) is 5.56 Å². The number of fused-ring (bicyclic) bond motifs is 1. The number of hydrogen-bond donors (Lipinski definition) is 1. The van der Waals surface area contributed by atoms with E-state index in [4.69, 9.17) is 19.8 Å². The van der Waals surface area contributed by atoms with Gasteiger partial charge in [0.25, 0.3) is 0 Å². The summed E-state index contributed by atoms with van der Waals surface area (Å²) in [6, 6.07) is 30.3. The van der Waals surface area contributed by atoms with Crippen LogP contribution >= 0.6 is 0 Å². The highest BCUT2D eigenvalue weighted by Crippen LogP contribution is 2.32. The molecule has 0 saturated carbocycles. The minimum atomic E-state index is -1.33. The molecule has 7 heteroatoms. The van der Waals surface area contributed by atoms with Crippen LogP contribution in [0.5, 0.6) is 5.75 Å². The van der Waals surface area contributed by atoms with E-state index >= 15 is 0 Å². The predicted molar refractivity (Wildman–Crippen MR) is 169 cm³/mol. The summed E-state index contributed by atoms with van der Waals surface area (Å²) in [5.74, 6) is 1.38. The topological polar surface area (TPSA) is 82.2 Å². The summed E-state index contributed by atoms with van der Waals surface area (Å²) in [6.45, 7) is 5.85. The Balaban J connectivity index is 1.29. The van der Waals surface area contributed by atoms with Crippen LogP contribution in [-0.2, 0) is 25.9 Å². The number of nitrogens with zero attached hydrogens (tertiary/aromatic N) is 4. The minimum Gasteiger partial charge on any atom is -0.449 e. The van der Waals surface area contributed by atoms with Crippen molar-refractivity contribution < 1.29 is 14.6 Å². The van der Waals surface area contributed by atoms with Crippen LogP contribution in [0.4, 0.5) is 4.79 Å². The molecule has 6 aromatic rings. The first-order valence-electron chi connectivity index (χ1n) is 14.6. The first kappa shape index (κ1) is 28.0. The van der Waals surface area contributed by atoms with E-state index < -0.39 is 6.16 Å². The summed E-state index contributed by atoms with van der Waals surface area (Å²) in [5.41, 5.74) is 9.36. The molecule has 0 bridgehead atoms. The van der Waals surface area contributed by atoms with Crippen LogP contribution in [0.25, 0.3) is 33.4 Å². The standard InChI is InChI=1S/C36H34N4O3/c1-3-9-34-38-35-25(2)20-29(31-23-39(24-37-31)19-18-26-10-5-4-6-11-26)21-32(35)40(34)22-27-14-16-28(17-15-27)30-12-7-8-13-33(30)43-36(41)42/h4-8,10-17,20-21,23-24H,3,9,18-19,22H2,1-2H3,(H,41,42). The highest BCUT2D eigenvalue weighted by atomic mass is 16.7. The average molecular weight is 571 g/mol. The zero-order chi connectivity index (χ0) is 29.8. The largest absolute Gasteiger partial charge is 0.511 e. The Morgan fingerprint density at radius 1 is 0.884 bits per heavy atom. The third kappa shape index (κ3) is 6.21. The van der Waals surface area contributed by atoms with Crippen molar-refractivity contribution in [1.29, 1.82) is 0 Å². The lowest BCUT2D eigenvalue weighted by Crippen LogP contribution is -2.05. The van der Waals surface area contributed by atoms with Crippen LogP contribution in [0.1, 0.15) is 35.9 Å². The molecule has 0 atom stereocenters. The molecule has 0 unspecified atom stereocenters. The monoisotopic (exact) mass is 570 g/mol. The van der Waals surface area contributed by atoms with Gasteiger partial charge in [-0.1, -0.05) is 79.7 Å². The smallest absolute Gasteiger partial charge is 0.449 e. The van der Waals surface area contributed by atoms with Crippen molar-refractivity contribution in [2.75, 3.05) is 0 Å². The molecule has 0 spiro atoms. The molecule has 43 heavy (non-hydrogen) atoms. The van der Waals surface area contributed by atoms with Gasteiger partial charge in [-0.3, -0.25) is 0 Å². The number of carbonyl (C=O) groups is 1. The number of rotatable bonds is 10. The van der Waals surface area contributed by atoms with Crippen LogP contribution in [0, 0.1) is 6.92 Å². The van der Waals surface area contributed by atoms with E-state index in [0.717, 1.165) is 76.2 Å². The van der Waals surface area contributed by atoms with Crippen molar-refractivity contribution >= 4 is 17.2 Å². The molecule has 0 amide bonds. The average Bonchev–Trinajstić information content (AvgIpc) is 3.63. The van der Waals surface area contributed by atoms with E-state index in [1.807, 2.05) is 36.7 Å². The SMILES string of the molecule is CCCc1nc2c(C)cc(-c3cn(CCc4ccccc4)cn3)cc2n1Cc1ccc(-c2ccccc2OC(=O)O)cc1. The lowest BCUT2D eigenvalue weighted by atomic mass is 10.0. The molecule has 0 aliphatic rings. The van der Waals surface area contributed by atoms with E-state index in [-0.39, 0.29) is 0 Å². The van der Waals surface area contributed by atoms with E-state index in [9.17, 15) is 4.79 Å². The molecule has 0 fully saturated rings. The Kier molecular flexibility index (Phi) is 8.05. The van der Waals surface area contributed by atoms with Gasteiger partial charge in [0, 0.05) is 36.8 Å². The number of aromatic nitrogens is 4. The van der Waals surface area contributed by atoms with Crippen LogP contribution in [0.15, 0.2) is 104 Å². The molecular formula is C36H34N4O3. The number of para-hydroxylation sites is 1. The summed E-state index contributed by atoms with van der Waals surface area (Å²) in [5, 5.41) is 9.13. The van der Waals surface area contributed by atoms with Crippen LogP contribution in [0.3, 0.4) is 0 Å². The second-order valence-corrected chi connectivity index (χ2v) is 10.8. The zero-order valence-electron chi connectivity index (χ0n) is 24.4. The third-order valence-corrected chi connectivity index (χ3v) is 7.72. The molecule has 2 aromatic heterocycles. The van der Waals surface area contributed by atoms with Crippen molar-refractivity contribution in [3.05, 3.63) is 126 Å². The van der Waals surface area contributed by atoms with Gasteiger partial charge >= 0.3 is 6.16 Å². The normalized spacial score (nSPS) is 11.2. The van der Waals surface area contributed by atoms with Gasteiger partial charge in [0.2, 0.25) is 0 Å². The maximum absolute atomic E-state index is 11.2. The highest BCUT2D eigenvalue weighted by Gasteiger charge is 2.16. The van der Waals surface area contributed by atoms with Gasteiger partial charge in [-0.15, -0.1) is 0 Å². The molecule has 0 saturated heterocycles. The van der Waals surface area contributed by atoms with Crippen LogP contribution in [-0.4, -0.2) is 30.4 Å². The zero-order valence-corrected chi connectivity index (χ0v) is 24.4. The lowest BCUT2D eigenvalue weighted by molar-refractivity contribution is 0.144. The molecule has 216 valence electrons. The van der Waals surface area contributed by atoms with Crippen LogP contribution in [0.2, 0.25) is 0 Å². The molecule has 7 nitrogen and oxygen atoms in total. The molecule has 4 aromatic carbocycles. The van der Waals surface area contributed by atoms with Gasteiger partial charge in [0.05, 0.1) is 23.1 Å². The fraction of sp³-hybridized carbons (Fsp3) is 0.194. The van der Waals surface area contributed by atoms with Gasteiger partial charge in [0.15, 0.2) is 0 Å². The van der Waals surface area contributed by atoms with Crippen molar-refractivity contribution in [3.63, 3.8) is 0 Å². The van der Waals surface area contributed by atoms with Gasteiger partial charge in [-0.2, -0.15) is 0 Å². The Morgan fingerprint density at radius 3 is 2.42 bits per heavy atom. The van der Waals surface area contributed by atoms with Gasteiger partial charge in [-0.25, -0.2) is 14.8 Å². The Morgan fingerprint density at radius 2 is 1.65 bits per heavy atom. The molecule has 0 aliphatic carbocycles. The van der Waals surface area contributed by atoms with Gasteiger partial charge in [-0.05, 0) is 60.2 Å². The second kappa shape index (κ2) is 12.4. The highest BCUT2D eigenvalue weighted by molar-refractivity contribution is 5.85. The van der Waals surface area contributed by atoms with E-state index in [0.29, 0.717) is 12.3 Å². The summed E-state index contributed by atoms with van der Waals surface area (Å²) in [6.07, 6.45) is 5.56. The number of hydrogen-bond acceptors (Lipinski definition) is 4. The Labute approximate surface area is 251 Å². The summed E-state index contributed by atoms with van der Waals surface area (Å²) >= 11 is 0. The van der Waals surface area contributed by atoms with Crippen molar-refractivity contribution in [3.8, 4) is 28.1 Å². The summed E-state index contributed by atoms with van der Waals surface area (Å²) < 4.78 is 9.47. The maximum Gasteiger partial charge on any atom is 0.511 e. The number of aryl methyl sites for hydroxylation is 4. The first-order valence-corrected chi connectivity index (χ1v) is 14.6. The number of ether oxygens (including phenoxy) is 1. The Hall–Kier alpha value is -5.17. The lowest BCUT2D eigenvalue weighted by Gasteiger charge is -2.12. The summed E-state index contributed by atoms with van der Waals surface area (Å²) in [4.78, 5) is 21.0. The number of carboxylic acid groups (broad SMARTS) is 1. The Bertz CT molecular complexity index is 1870. The molecule has 0 aliphatic heterocycles. The second-order valence-electron chi connectivity index (χ2n) is 10.8. The van der Waals surface area contributed by atoms with Gasteiger partial charge < -0.3 is 19.0 Å². The maximum atomic E-state index is 11.2. The molecule has 0 radical (unpaired) electrons. The fourth-order valence-corrected chi connectivity index (χ4v) is 5.57. The van der Waals surface area contributed by atoms with E-state index in [2.05, 4.69) is 77.7 Å². The van der Waals surface area contributed by atoms with Crippen molar-refractivity contribution in [2.45, 2.75) is 46.2 Å². The third-order valence-electron chi connectivity index (χ3n) is 7.72. The molecular weight excluding hydrogens is 536 g/mol. The van der Waals surface area contributed by atoms with Crippen molar-refractivity contribution in [2.24, 2.45) is 0 Å². The first-order chi connectivity index (χ1) is 21.0. The summed E-state index contributed by atoms with van der Waals surface area (Å²) in [7, 11) is 0. The van der Waals surface area contributed by atoms with Gasteiger partial charge in [0.1, 0.15) is 11.6 Å². The number of benzene rings is 4. The van der Waals surface area contributed by atoms with Crippen LogP contribution < -0.4 is 4.74 Å². The minimum absolute atomic E-state index is 0.319. The fourth-order valence-electron chi connectivity index (χ4n) is 5.57.